The number of rotatable bonds is 6. The van der Waals surface area contributed by atoms with E-state index >= 15 is 0 Å². The minimum Gasteiger partial charge on any atom is -0.493 e. The molecule has 1 heterocycles. The Morgan fingerprint density at radius 3 is 2.73 bits per heavy atom. The van der Waals surface area contributed by atoms with E-state index in [1.165, 1.54) is 25.0 Å². The highest BCUT2D eigenvalue weighted by Gasteiger charge is 2.22. The number of nitrogens with one attached hydrogen (secondary N) is 1. The Balaban J connectivity index is 1.68. The van der Waals surface area contributed by atoms with Crippen molar-refractivity contribution in [2.45, 2.75) is 25.8 Å². The van der Waals surface area contributed by atoms with Gasteiger partial charge in [0.25, 0.3) is 0 Å². The summed E-state index contributed by atoms with van der Waals surface area (Å²) in [5, 5.41) is 3.65. The van der Waals surface area contributed by atoms with E-state index < -0.39 is 0 Å². The van der Waals surface area contributed by atoms with Crippen LogP contribution < -0.4 is 10.1 Å². The number of anilines is 1. The van der Waals surface area contributed by atoms with Crippen molar-refractivity contribution in [3.63, 3.8) is 0 Å². The van der Waals surface area contributed by atoms with Crippen LogP contribution in [0, 0.1) is 11.7 Å². The van der Waals surface area contributed by atoms with Crippen LogP contribution in [0.15, 0.2) is 36.4 Å². The van der Waals surface area contributed by atoms with Crippen molar-refractivity contribution in [1.82, 2.24) is 4.98 Å². The fraction of sp³-hybridized carbons (Fsp3) is 0.353. The number of aromatic nitrogens is 1. The molecule has 1 aromatic heterocycles. The molecule has 2 aromatic rings. The molecule has 116 valence electrons. The van der Waals surface area contributed by atoms with Crippen molar-refractivity contribution in [2.75, 3.05) is 11.9 Å². The zero-order chi connectivity index (χ0) is 15.5. The predicted octanol–water partition coefficient (Wildman–Crippen LogP) is 4.84. The summed E-state index contributed by atoms with van der Waals surface area (Å²) < 4.78 is 18.7. The summed E-state index contributed by atoms with van der Waals surface area (Å²) in [4.78, 5) is 4.26. The maximum Gasteiger partial charge on any atom is 0.135 e. The van der Waals surface area contributed by atoms with E-state index in [9.17, 15) is 4.39 Å². The van der Waals surface area contributed by atoms with Crippen molar-refractivity contribution in [1.29, 1.82) is 0 Å². The highest BCUT2D eigenvalue weighted by molar-refractivity contribution is 6.29. The predicted molar refractivity (Wildman–Crippen MR) is 85.9 cm³/mol. The molecule has 0 spiro atoms. The molecule has 1 fully saturated rings. The van der Waals surface area contributed by atoms with Gasteiger partial charge in [-0.25, -0.2) is 9.37 Å². The molecule has 3 rings (SSSR count). The fourth-order valence-corrected chi connectivity index (χ4v) is 2.38. The monoisotopic (exact) mass is 320 g/mol. The molecule has 1 aromatic carbocycles. The Bertz CT molecular complexity index is 644. The van der Waals surface area contributed by atoms with E-state index in [1.54, 1.807) is 18.2 Å². The van der Waals surface area contributed by atoms with Gasteiger partial charge in [0, 0.05) is 18.2 Å². The zero-order valence-corrected chi connectivity index (χ0v) is 13.1. The highest BCUT2D eigenvalue weighted by atomic mass is 35.5. The molecule has 3 nitrogen and oxygen atoms in total. The number of halogens is 2. The Morgan fingerprint density at radius 1 is 1.32 bits per heavy atom. The van der Waals surface area contributed by atoms with Gasteiger partial charge in [-0.15, -0.1) is 0 Å². The summed E-state index contributed by atoms with van der Waals surface area (Å²) in [6.45, 7) is 2.72. The van der Waals surface area contributed by atoms with Crippen LogP contribution in [0.1, 0.15) is 31.4 Å². The molecule has 22 heavy (non-hydrogen) atoms. The molecule has 0 radical (unpaired) electrons. The molecule has 0 unspecified atom stereocenters. The van der Waals surface area contributed by atoms with Crippen molar-refractivity contribution < 1.29 is 9.13 Å². The van der Waals surface area contributed by atoms with Gasteiger partial charge in [0.2, 0.25) is 0 Å². The molecule has 0 amide bonds. The number of hydrogen-bond acceptors (Lipinski definition) is 3. The third-order valence-electron chi connectivity index (χ3n) is 3.68. The first-order valence-corrected chi connectivity index (χ1v) is 7.80. The van der Waals surface area contributed by atoms with E-state index in [4.69, 9.17) is 16.3 Å². The van der Waals surface area contributed by atoms with Gasteiger partial charge in [-0.3, -0.25) is 0 Å². The van der Waals surface area contributed by atoms with Crippen molar-refractivity contribution in [2.24, 2.45) is 5.92 Å². The van der Waals surface area contributed by atoms with Gasteiger partial charge in [0.05, 0.1) is 6.61 Å². The van der Waals surface area contributed by atoms with E-state index in [-0.39, 0.29) is 11.9 Å². The van der Waals surface area contributed by atoms with Crippen LogP contribution in [0.25, 0.3) is 0 Å². The number of nitrogens with zero attached hydrogens (tertiary/aromatic N) is 1. The number of ether oxygens (including phenoxy) is 1. The molecule has 0 bridgehead atoms. The minimum atomic E-state index is -0.243. The summed E-state index contributed by atoms with van der Waals surface area (Å²) in [5.74, 6) is 1.81. The standard InChI is InChI=1S/C17H18ClFN2O/c1-11(13-4-6-14(19)7-5-13)20-17-9-15(8-16(18)21-17)22-10-12-2-3-12/h4-9,11-12H,2-3,10H2,1H3,(H,20,21)/t11-/m0/s1. The molecule has 1 aliphatic carbocycles. The average Bonchev–Trinajstić information content (AvgIpc) is 3.29. The maximum atomic E-state index is 13.0. The molecule has 1 saturated carbocycles. The van der Waals surface area contributed by atoms with Gasteiger partial charge in [-0.1, -0.05) is 23.7 Å². The molecular formula is C17H18ClFN2O. The second-order valence-corrected chi connectivity index (χ2v) is 6.07. The third-order valence-corrected chi connectivity index (χ3v) is 3.88. The van der Waals surface area contributed by atoms with Crippen molar-refractivity contribution in [3.05, 3.63) is 52.9 Å². The summed E-state index contributed by atoms with van der Waals surface area (Å²) in [5.41, 5.74) is 0.976. The summed E-state index contributed by atoms with van der Waals surface area (Å²) in [6, 6.07) is 9.95. The Hall–Kier alpha value is -1.81. The number of pyridine rings is 1. The molecule has 1 aliphatic rings. The summed E-state index contributed by atoms with van der Waals surface area (Å²) in [7, 11) is 0. The third kappa shape index (κ3) is 4.10. The zero-order valence-electron chi connectivity index (χ0n) is 12.4. The van der Waals surface area contributed by atoms with E-state index in [0.29, 0.717) is 16.9 Å². The van der Waals surface area contributed by atoms with Crippen LogP contribution in [0.2, 0.25) is 5.15 Å². The van der Waals surface area contributed by atoms with Gasteiger partial charge in [0.1, 0.15) is 22.5 Å². The second kappa shape index (κ2) is 6.53. The van der Waals surface area contributed by atoms with Gasteiger partial charge in [0.15, 0.2) is 0 Å². The number of hydrogen-bond donors (Lipinski definition) is 1. The normalized spacial score (nSPS) is 15.4. The minimum absolute atomic E-state index is 0.0113. The number of benzene rings is 1. The van der Waals surface area contributed by atoms with Crippen molar-refractivity contribution >= 4 is 17.4 Å². The highest BCUT2D eigenvalue weighted by Crippen LogP contribution is 2.31. The Labute approximate surface area is 134 Å². The first-order valence-electron chi connectivity index (χ1n) is 7.42. The van der Waals surface area contributed by atoms with Gasteiger partial charge >= 0.3 is 0 Å². The SMILES string of the molecule is C[C@H](Nc1cc(OCC2CC2)cc(Cl)n1)c1ccc(F)cc1. The Morgan fingerprint density at radius 2 is 2.05 bits per heavy atom. The van der Waals surface area contributed by atoms with Crippen LogP contribution in [-0.2, 0) is 0 Å². The smallest absolute Gasteiger partial charge is 0.135 e. The first-order chi connectivity index (χ1) is 10.6. The average molecular weight is 321 g/mol. The molecule has 5 heteroatoms. The van der Waals surface area contributed by atoms with Crippen LogP contribution in [0.5, 0.6) is 5.75 Å². The lowest BCUT2D eigenvalue weighted by Gasteiger charge is -2.16. The van der Waals surface area contributed by atoms with Gasteiger partial charge in [-0.05, 0) is 43.4 Å². The van der Waals surface area contributed by atoms with Gasteiger partial charge in [-0.2, -0.15) is 0 Å². The molecule has 0 aliphatic heterocycles. The van der Waals surface area contributed by atoms with Crippen LogP contribution in [0.4, 0.5) is 10.2 Å². The van der Waals surface area contributed by atoms with Crippen LogP contribution in [-0.4, -0.2) is 11.6 Å². The van der Waals surface area contributed by atoms with E-state index in [2.05, 4.69) is 10.3 Å². The lowest BCUT2D eigenvalue weighted by Crippen LogP contribution is -2.08. The first kappa shape index (κ1) is 15.1. The lowest BCUT2D eigenvalue weighted by atomic mass is 10.1. The van der Waals surface area contributed by atoms with Crippen LogP contribution in [0.3, 0.4) is 0 Å². The summed E-state index contributed by atoms with van der Waals surface area (Å²) >= 11 is 6.05. The van der Waals surface area contributed by atoms with E-state index in [1.807, 2.05) is 13.0 Å². The van der Waals surface area contributed by atoms with E-state index in [0.717, 1.165) is 17.9 Å². The fourth-order valence-electron chi connectivity index (χ4n) is 2.19. The van der Waals surface area contributed by atoms with Crippen LogP contribution >= 0.6 is 11.6 Å². The molecule has 0 saturated heterocycles. The second-order valence-electron chi connectivity index (χ2n) is 5.68. The topological polar surface area (TPSA) is 34.1 Å². The van der Waals surface area contributed by atoms with Crippen molar-refractivity contribution in [3.8, 4) is 5.75 Å². The molecular weight excluding hydrogens is 303 g/mol. The largest absolute Gasteiger partial charge is 0.493 e. The van der Waals surface area contributed by atoms with Gasteiger partial charge < -0.3 is 10.1 Å². The molecule has 1 N–H and O–H groups in total. The lowest BCUT2D eigenvalue weighted by molar-refractivity contribution is 0.299. The summed E-state index contributed by atoms with van der Waals surface area (Å²) in [6.07, 6.45) is 2.48. The Kier molecular flexibility index (Phi) is 4.48. The molecule has 1 atom stereocenters. The quantitative estimate of drug-likeness (QED) is 0.774. The maximum absolute atomic E-state index is 13.0.